The van der Waals surface area contributed by atoms with Crippen molar-refractivity contribution in [2.45, 2.75) is 45.7 Å². The predicted molar refractivity (Wildman–Crippen MR) is 121 cm³/mol. The molecule has 0 aliphatic carbocycles. The van der Waals surface area contributed by atoms with Gasteiger partial charge in [0.1, 0.15) is 5.69 Å². The lowest BCUT2D eigenvalue weighted by atomic mass is 10.0. The highest BCUT2D eigenvalue weighted by Crippen LogP contribution is 2.23. The zero-order valence-electron chi connectivity index (χ0n) is 18.3. The normalized spacial score (nSPS) is 15.6. The molecule has 3 heterocycles. The molecule has 3 aromatic rings. The van der Waals surface area contributed by atoms with Crippen molar-refractivity contribution < 1.29 is 4.79 Å². The molecule has 0 spiro atoms. The molecule has 0 unspecified atom stereocenters. The van der Waals surface area contributed by atoms with Crippen molar-refractivity contribution in [3.05, 3.63) is 75.3 Å². The lowest BCUT2D eigenvalue weighted by Crippen LogP contribution is -2.39. The first kappa shape index (κ1) is 20.9. The third kappa shape index (κ3) is 4.01. The number of rotatable bonds is 4. The van der Waals surface area contributed by atoms with Crippen molar-refractivity contribution in [1.82, 2.24) is 25.2 Å². The molecule has 160 valence electrons. The Morgan fingerprint density at radius 1 is 1.16 bits per heavy atom. The summed E-state index contributed by atoms with van der Waals surface area (Å²) in [5.41, 5.74) is 4.20. The van der Waals surface area contributed by atoms with Crippen molar-refractivity contribution in [2.75, 3.05) is 7.05 Å². The molecule has 2 N–H and O–H groups in total. The molecule has 0 fully saturated rings. The van der Waals surface area contributed by atoms with Gasteiger partial charge in [-0.3, -0.25) is 14.2 Å². The average Bonchev–Trinajstić information content (AvgIpc) is 2.79. The molecule has 31 heavy (non-hydrogen) atoms. The van der Waals surface area contributed by atoms with Crippen LogP contribution in [-0.4, -0.2) is 33.5 Å². The van der Waals surface area contributed by atoms with Crippen LogP contribution in [0.25, 0.3) is 17.2 Å². The van der Waals surface area contributed by atoms with Crippen LogP contribution in [0.4, 0.5) is 0 Å². The van der Waals surface area contributed by atoms with E-state index < -0.39 is 0 Å². The summed E-state index contributed by atoms with van der Waals surface area (Å²) in [5.74, 6) is 0.594. The van der Waals surface area contributed by atoms with Gasteiger partial charge in [0.15, 0.2) is 5.82 Å². The molecule has 1 aromatic carbocycles. The van der Waals surface area contributed by atoms with Crippen LogP contribution in [0.1, 0.15) is 54.0 Å². The number of hydrogen-bond donors (Lipinski definition) is 2. The van der Waals surface area contributed by atoms with Crippen LogP contribution >= 0.6 is 0 Å². The van der Waals surface area contributed by atoms with E-state index in [2.05, 4.69) is 31.4 Å². The average molecular weight is 418 g/mol. The molecular formula is C24H27N5O2. The van der Waals surface area contributed by atoms with Crippen LogP contribution in [0.15, 0.2) is 47.3 Å². The minimum Gasteiger partial charge on any atom is -0.355 e. The van der Waals surface area contributed by atoms with E-state index in [4.69, 9.17) is 9.97 Å². The highest BCUT2D eigenvalue weighted by Gasteiger charge is 2.24. The van der Waals surface area contributed by atoms with Gasteiger partial charge in [-0.2, -0.15) is 0 Å². The largest absolute Gasteiger partial charge is 0.355 e. The summed E-state index contributed by atoms with van der Waals surface area (Å²) in [6, 6.07) is 13.0. The standard InChI is InChI=1S/C24H27N5O2/c1-14(2)19-6-5-7-20(27-19)22-28-21-13-26-15(3)12-18(21)24(31)29(22)17-10-8-16(9-11-17)23(30)25-4/h5-11,14-15,26H,12-13H2,1-4H3,(H,25,30)/t15-/m1/s1. The maximum Gasteiger partial charge on any atom is 0.261 e. The molecule has 0 radical (unpaired) electrons. The van der Waals surface area contributed by atoms with Crippen LogP contribution in [0.3, 0.4) is 0 Å². The zero-order chi connectivity index (χ0) is 22.1. The summed E-state index contributed by atoms with van der Waals surface area (Å²) < 4.78 is 1.62. The summed E-state index contributed by atoms with van der Waals surface area (Å²) in [6.45, 7) is 6.79. The molecule has 4 rings (SSSR count). The second-order valence-electron chi connectivity index (χ2n) is 8.22. The minimum absolute atomic E-state index is 0.0854. The number of hydrogen-bond acceptors (Lipinski definition) is 5. The van der Waals surface area contributed by atoms with Crippen molar-refractivity contribution in [3.8, 4) is 17.2 Å². The van der Waals surface area contributed by atoms with Gasteiger partial charge in [-0.05, 0) is 55.7 Å². The number of fused-ring (bicyclic) bond motifs is 1. The first-order valence-corrected chi connectivity index (χ1v) is 10.6. The highest BCUT2D eigenvalue weighted by molar-refractivity contribution is 5.94. The Hall–Kier alpha value is -3.32. The van der Waals surface area contributed by atoms with E-state index >= 15 is 0 Å². The quantitative estimate of drug-likeness (QED) is 0.681. The molecule has 1 aliphatic heterocycles. The highest BCUT2D eigenvalue weighted by atomic mass is 16.1. The smallest absolute Gasteiger partial charge is 0.261 e. The second kappa shape index (κ2) is 8.43. The Morgan fingerprint density at radius 2 is 1.90 bits per heavy atom. The Labute approximate surface area is 181 Å². The van der Waals surface area contributed by atoms with Gasteiger partial charge in [-0.25, -0.2) is 9.97 Å². The Bertz CT molecular complexity index is 1180. The van der Waals surface area contributed by atoms with E-state index in [1.54, 1.807) is 35.9 Å². The fraction of sp³-hybridized carbons (Fsp3) is 0.333. The molecule has 7 heteroatoms. The lowest BCUT2D eigenvalue weighted by Gasteiger charge is -2.24. The van der Waals surface area contributed by atoms with Gasteiger partial charge in [0.25, 0.3) is 11.5 Å². The fourth-order valence-corrected chi connectivity index (χ4v) is 3.82. The molecule has 1 atom stereocenters. The van der Waals surface area contributed by atoms with Gasteiger partial charge in [-0.15, -0.1) is 0 Å². The number of pyridine rings is 1. The summed E-state index contributed by atoms with van der Waals surface area (Å²) >= 11 is 0. The summed E-state index contributed by atoms with van der Waals surface area (Å²) in [4.78, 5) is 35.2. The first-order chi connectivity index (χ1) is 14.9. The fourth-order valence-electron chi connectivity index (χ4n) is 3.82. The predicted octanol–water partition coefficient (Wildman–Crippen LogP) is 2.81. The maximum absolute atomic E-state index is 13.6. The third-order valence-corrected chi connectivity index (χ3v) is 5.60. The van der Waals surface area contributed by atoms with E-state index in [1.165, 1.54) is 0 Å². The van der Waals surface area contributed by atoms with E-state index in [0.29, 0.717) is 35.7 Å². The van der Waals surface area contributed by atoms with Gasteiger partial charge in [0, 0.05) is 36.5 Å². The minimum atomic E-state index is -0.172. The van der Waals surface area contributed by atoms with E-state index in [1.807, 2.05) is 18.2 Å². The summed E-state index contributed by atoms with van der Waals surface area (Å²) in [6.07, 6.45) is 0.622. The summed E-state index contributed by atoms with van der Waals surface area (Å²) in [7, 11) is 1.59. The maximum atomic E-state index is 13.6. The van der Waals surface area contributed by atoms with Gasteiger partial charge >= 0.3 is 0 Å². The Balaban J connectivity index is 1.94. The zero-order valence-corrected chi connectivity index (χ0v) is 18.3. The van der Waals surface area contributed by atoms with Crippen LogP contribution < -0.4 is 16.2 Å². The van der Waals surface area contributed by atoms with E-state index in [0.717, 1.165) is 17.0 Å². The first-order valence-electron chi connectivity index (χ1n) is 10.6. The van der Waals surface area contributed by atoms with Crippen molar-refractivity contribution in [1.29, 1.82) is 0 Å². The number of aromatic nitrogens is 3. The van der Waals surface area contributed by atoms with Crippen LogP contribution in [-0.2, 0) is 13.0 Å². The lowest BCUT2D eigenvalue weighted by molar-refractivity contribution is 0.0963. The van der Waals surface area contributed by atoms with Crippen LogP contribution in [0.5, 0.6) is 0 Å². The van der Waals surface area contributed by atoms with Crippen LogP contribution in [0, 0.1) is 0 Å². The molecule has 1 aliphatic rings. The number of carbonyl (C=O) groups is 1. The number of nitrogens with one attached hydrogen (secondary N) is 2. The Morgan fingerprint density at radius 3 is 2.58 bits per heavy atom. The van der Waals surface area contributed by atoms with Crippen molar-refractivity contribution >= 4 is 5.91 Å². The SMILES string of the molecule is CNC(=O)c1ccc(-n2c(-c3cccc(C(C)C)n3)nc3c(c2=O)C[C@@H](C)NC3)cc1. The van der Waals surface area contributed by atoms with Crippen LogP contribution in [0.2, 0.25) is 0 Å². The molecule has 0 saturated heterocycles. The molecule has 1 amide bonds. The number of carbonyl (C=O) groups excluding carboxylic acids is 1. The molecule has 2 aromatic heterocycles. The topological polar surface area (TPSA) is 88.9 Å². The van der Waals surface area contributed by atoms with Crippen molar-refractivity contribution in [3.63, 3.8) is 0 Å². The van der Waals surface area contributed by atoms with Crippen molar-refractivity contribution in [2.24, 2.45) is 0 Å². The van der Waals surface area contributed by atoms with Gasteiger partial charge in [-0.1, -0.05) is 19.9 Å². The second-order valence-corrected chi connectivity index (χ2v) is 8.22. The number of nitrogens with zero attached hydrogens (tertiary/aromatic N) is 3. The number of benzene rings is 1. The molecule has 7 nitrogen and oxygen atoms in total. The van der Waals surface area contributed by atoms with E-state index in [9.17, 15) is 9.59 Å². The monoisotopic (exact) mass is 417 g/mol. The third-order valence-electron chi connectivity index (χ3n) is 5.60. The molecule has 0 bridgehead atoms. The summed E-state index contributed by atoms with van der Waals surface area (Å²) in [5, 5.41) is 6.00. The van der Waals surface area contributed by atoms with Gasteiger partial charge in [0.05, 0.1) is 11.4 Å². The Kier molecular flexibility index (Phi) is 5.69. The molecule has 0 saturated carbocycles. The van der Waals surface area contributed by atoms with E-state index in [-0.39, 0.29) is 23.4 Å². The number of amides is 1. The van der Waals surface area contributed by atoms with Gasteiger partial charge in [0.2, 0.25) is 0 Å². The molecular weight excluding hydrogens is 390 g/mol. The van der Waals surface area contributed by atoms with Gasteiger partial charge < -0.3 is 10.6 Å².